The molecule has 1 aliphatic rings. The van der Waals surface area contributed by atoms with E-state index < -0.39 is 59.0 Å². The van der Waals surface area contributed by atoms with Gasteiger partial charge in [-0.25, -0.2) is 17.6 Å². The fraction of sp³-hybridized carbons (Fsp3) is 0.318. The van der Waals surface area contributed by atoms with E-state index in [0.29, 0.717) is 0 Å². The Hall–Kier alpha value is -5.78. The van der Waals surface area contributed by atoms with Crippen LogP contribution in [-0.4, -0.2) is 48.8 Å². The third-order valence-electron chi connectivity index (χ3n) is 9.48. The second kappa shape index (κ2) is 21.9. The lowest BCUT2D eigenvalue weighted by atomic mass is 9.78. The standard InChI is InChI=1S/C44H48F4N4O4/c1-3-4-19-49-43(55)39(25-32-21-35(45)27-36(46)22-32)51-42(54)17-13-31-10-14-34(15-11-31)29(2)18-20-50-44(56)40(26-33-23-37(47)28-38(48)24-33)52-41(53)16-12-30-8-6-5-7-9-30/h3-9,12-13,16-18,21-24,27-28,31,34,39-40H,10-11,14-15,19-20,25-26H2,1-2H3,(H,49,55)(H,50,56)(H,51,54)(H,52,53)/b4-3-,16-12+,17-13+,29-18+/t31?,34?,39-,40?/m0/s1. The Morgan fingerprint density at radius 3 is 1.71 bits per heavy atom. The molecule has 1 saturated carbocycles. The summed E-state index contributed by atoms with van der Waals surface area (Å²) < 4.78 is 55.5. The summed E-state index contributed by atoms with van der Waals surface area (Å²) in [4.78, 5) is 51.8. The van der Waals surface area contributed by atoms with Crippen LogP contribution >= 0.6 is 0 Å². The van der Waals surface area contributed by atoms with E-state index in [2.05, 4.69) is 21.3 Å². The Balaban J connectivity index is 1.29. The Labute approximate surface area is 325 Å². The molecular weight excluding hydrogens is 724 g/mol. The molecule has 8 nitrogen and oxygen atoms in total. The molecule has 4 amide bonds. The minimum atomic E-state index is -1.09. The number of allylic oxidation sites excluding steroid dienone is 3. The van der Waals surface area contributed by atoms with Gasteiger partial charge >= 0.3 is 0 Å². The third-order valence-corrected chi connectivity index (χ3v) is 9.48. The molecule has 3 aromatic rings. The van der Waals surface area contributed by atoms with E-state index in [1.165, 1.54) is 12.2 Å². The zero-order valence-electron chi connectivity index (χ0n) is 31.5. The summed E-state index contributed by atoms with van der Waals surface area (Å²) in [6.07, 6.45) is 14.6. The highest BCUT2D eigenvalue weighted by molar-refractivity contribution is 5.95. The first-order chi connectivity index (χ1) is 26.9. The molecule has 296 valence electrons. The van der Waals surface area contributed by atoms with Gasteiger partial charge in [0.25, 0.3) is 0 Å². The van der Waals surface area contributed by atoms with Crippen molar-refractivity contribution < 1.29 is 36.7 Å². The number of halogens is 4. The van der Waals surface area contributed by atoms with Crippen molar-refractivity contribution in [2.75, 3.05) is 13.1 Å². The smallest absolute Gasteiger partial charge is 0.244 e. The van der Waals surface area contributed by atoms with Crippen LogP contribution in [0.15, 0.2) is 109 Å². The number of rotatable bonds is 17. The van der Waals surface area contributed by atoms with Crippen LogP contribution in [0.1, 0.15) is 56.2 Å². The molecule has 1 fully saturated rings. The summed E-state index contributed by atoms with van der Waals surface area (Å²) in [7, 11) is 0. The highest BCUT2D eigenvalue weighted by atomic mass is 19.1. The van der Waals surface area contributed by atoms with E-state index in [1.807, 2.05) is 49.4 Å². The molecule has 0 aliphatic heterocycles. The number of carbonyl (C=O) groups excluding carboxylic acids is 4. The van der Waals surface area contributed by atoms with Crippen LogP contribution < -0.4 is 21.3 Å². The summed E-state index contributed by atoms with van der Waals surface area (Å²) in [6, 6.07) is 13.0. The van der Waals surface area contributed by atoms with Crippen molar-refractivity contribution in [3.63, 3.8) is 0 Å². The van der Waals surface area contributed by atoms with E-state index in [-0.39, 0.29) is 48.9 Å². The van der Waals surface area contributed by atoms with Crippen LogP contribution in [0, 0.1) is 35.1 Å². The molecule has 1 unspecified atom stereocenters. The molecule has 56 heavy (non-hydrogen) atoms. The molecule has 0 spiro atoms. The van der Waals surface area contributed by atoms with E-state index in [1.54, 1.807) is 25.2 Å². The lowest BCUT2D eigenvalue weighted by Gasteiger charge is -2.27. The van der Waals surface area contributed by atoms with Gasteiger partial charge in [0.15, 0.2) is 0 Å². The monoisotopic (exact) mass is 772 g/mol. The molecule has 3 aromatic carbocycles. The largest absolute Gasteiger partial charge is 0.351 e. The molecule has 0 saturated heterocycles. The Bertz CT molecular complexity index is 1900. The Morgan fingerprint density at radius 2 is 1.20 bits per heavy atom. The van der Waals surface area contributed by atoms with Crippen LogP contribution in [0.5, 0.6) is 0 Å². The van der Waals surface area contributed by atoms with Crippen LogP contribution in [0.2, 0.25) is 0 Å². The van der Waals surface area contributed by atoms with Crippen molar-refractivity contribution in [1.82, 2.24) is 21.3 Å². The molecule has 0 heterocycles. The first kappa shape index (κ1) is 43.0. The second-order valence-electron chi connectivity index (χ2n) is 13.8. The first-order valence-electron chi connectivity index (χ1n) is 18.6. The minimum absolute atomic E-state index is 0.0957. The zero-order chi connectivity index (χ0) is 40.5. The maximum absolute atomic E-state index is 13.9. The van der Waals surface area contributed by atoms with Crippen molar-refractivity contribution in [3.8, 4) is 0 Å². The van der Waals surface area contributed by atoms with Crippen molar-refractivity contribution in [1.29, 1.82) is 0 Å². The lowest BCUT2D eigenvalue weighted by Crippen LogP contribution is -2.47. The topological polar surface area (TPSA) is 116 Å². The van der Waals surface area contributed by atoms with Gasteiger partial charge in [-0.05, 0) is 104 Å². The van der Waals surface area contributed by atoms with Gasteiger partial charge in [-0.15, -0.1) is 0 Å². The molecule has 0 bridgehead atoms. The van der Waals surface area contributed by atoms with Gasteiger partial charge in [0.1, 0.15) is 35.4 Å². The predicted molar refractivity (Wildman–Crippen MR) is 209 cm³/mol. The number of hydrogen-bond donors (Lipinski definition) is 4. The molecule has 1 aliphatic carbocycles. The SMILES string of the molecule is C/C=C\CNC(=O)[C@H](Cc1cc(F)cc(F)c1)NC(=O)/C=C/C1CCC(/C(C)=C/CNC(=O)C(Cc2cc(F)cc(F)c2)NC(=O)/C=C/c2ccccc2)CC1. The fourth-order valence-corrected chi connectivity index (χ4v) is 6.52. The first-order valence-corrected chi connectivity index (χ1v) is 18.6. The average molecular weight is 773 g/mol. The van der Waals surface area contributed by atoms with Crippen LogP contribution in [0.3, 0.4) is 0 Å². The van der Waals surface area contributed by atoms with Gasteiger partial charge in [-0.2, -0.15) is 0 Å². The highest BCUT2D eigenvalue weighted by Gasteiger charge is 2.24. The summed E-state index contributed by atoms with van der Waals surface area (Å²) in [6.45, 7) is 4.20. The molecular formula is C44H48F4N4O4. The van der Waals surface area contributed by atoms with Gasteiger partial charge in [0.05, 0.1) is 0 Å². The second-order valence-corrected chi connectivity index (χ2v) is 13.8. The molecule has 4 N–H and O–H groups in total. The molecule has 4 rings (SSSR count). The molecule has 12 heteroatoms. The summed E-state index contributed by atoms with van der Waals surface area (Å²) in [5.74, 6) is -4.77. The van der Waals surface area contributed by atoms with Crippen molar-refractivity contribution in [3.05, 3.63) is 149 Å². The average Bonchev–Trinajstić information content (AvgIpc) is 3.15. The Kier molecular flexibility index (Phi) is 16.8. The van der Waals surface area contributed by atoms with Crippen molar-refractivity contribution in [2.45, 2.75) is 64.5 Å². The number of benzene rings is 3. The number of amides is 4. The van der Waals surface area contributed by atoms with Gasteiger partial charge in [0.2, 0.25) is 23.6 Å². The lowest BCUT2D eigenvalue weighted by molar-refractivity contribution is -0.127. The number of hydrogen-bond acceptors (Lipinski definition) is 4. The molecule has 0 radical (unpaired) electrons. The zero-order valence-corrected chi connectivity index (χ0v) is 31.5. The quantitative estimate of drug-likeness (QED) is 0.0685. The van der Waals surface area contributed by atoms with Gasteiger partial charge in [0, 0.05) is 44.1 Å². The Morgan fingerprint density at radius 1 is 0.696 bits per heavy atom. The molecule has 0 aromatic heterocycles. The van der Waals surface area contributed by atoms with Crippen LogP contribution in [0.25, 0.3) is 6.08 Å². The minimum Gasteiger partial charge on any atom is -0.351 e. The number of carbonyl (C=O) groups is 4. The maximum atomic E-state index is 13.9. The summed E-state index contributed by atoms with van der Waals surface area (Å²) in [5.41, 5.74) is 2.31. The fourth-order valence-electron chi connectivity index (χ4n) is 6.52. The molecule has 2 atom stereocenters. The van der Waals surface area contributed by atoms with E-state index >= 15 is 0 Å². The number of nitrogens with one attached hydrogen (secondary N) is 4. The van der Waals surface area contributed by atoms with E-state index in [9.17, 15) is 36.7 Å². The van der Waals surface area contributed by atoms with Crippen molar-refractivity contribution in [2.24, 2.45) is 11.8 Å². The van der Waals surface area contributed by atoms with Crippen LogP contribution in [-0.2, 0) is 32.0 Å². The van der Waals surface area contributed by atoms with Gasteiger partial charge < -0.3 is 21.3 Å². The maximum Gasteiger partial charge on any atom is 0.244 e. The summed E-state index contributed by atoms with van der Waals surface area (Å²) in [5, 5.41) is 10.8. The van der Waals surface area contributed by atoms with Crippen LogP contribution in [0.4, 0.5) is 17.6 Å². The highest BCUT2D eigenvalue weighted by Crippen LogP contribution is 2.33. The van der Waals surface area contributed by atoms with Crippen molar-refractivity contribution >= 4 is 29.7 Å². The normalized spacial score (nSPS) is 17.1. The third kappa shape index (κ3) is 14.8. The van der Waals surface area contributed by atoms with Gasteiger partial charge in [-0.1, -0.05) is 60.2 Å². The predicted octanol–water partition coefficient (Wildman–Crippen LogP) is 6.83. The van der Waals surface area contributed by atoms with E-state index in [0.717, 1.165) is 73.2 Å². The summed E-state index contributed by atoms with van der Waals surface area (Å²) >= 11 is 0. The van der Waals surface area contributed by atoms with E-state index in [4.69, 9.17) is 0 Å². The van der Waals surface area contributed by atoms with Gasteiger partial charge in [-0.3, -0.25) is 19.2 Å².